The zero-order valence-electron chi connectivity index (χ0n) is 26.5. The summed E-state index contributed by atoms with van der Waals surface area (Å²) in [5.41, 5.74) is 4.46. The molecule has 5 aromatic rings. The molecule has 4 aliphatic rings. The molecule has 0 saturated carbocycles. The SMILES string of the molecule is O=C(CN(C(=O)c1ccc(Cl)c(Cl)c1)N1C(=O)[C@@H]2C3c4ccccc4C(c4ccccc43)[C@@H]2C1=O)c1ccc(OC(=O)c2ccc(Br)cc2)cc1. The number of hydrogen-bond donors (Lipinski definition) is 0. The summed E-state index contributed by atoms with van der Waals surface area (Å²) in [6, 6.07) is 32.3. The third-order valence-electron chi connectivity index (χ3n) is 9.83. The number of Topliss-reactive ketones (excluding diaryl/α,β-unsaturated/α-hetero) is 1. The van der Waals surface area contributed by atoms with Gasteiger partial charge in [-0.1, -0.05) is 87.7 Å². The zero-order chi connectivity index (χ0) is 35.6. The minimum absolute atomic E-state index is 0.0393. The van der Waals surface area contributed by atoms with Crippen molar-refractivity contribution >= 4 is 68.6 Å². The van der Waals surface area contributed by atoms with Gasteiger partial charge in [0.05, 0.1) is 27.4 Å². The second-order valence-electron chi connectivity index (χ2n) is 12.6. The predicted octanol–water partition coefficient (Wildman–Crippen LogP) is 8.11. The lowest BCUT2D eigenvalue weighted by Gasteiger charge is -2.45. The highest BCUT2D eigenvalue weighted by atomic mass is 79.9. The third kappa shape index (κ3) is 5.56. The van der Waals surface area contributed by atoms with E-state index in [2.05, 4.69) is 15.9 Å². The highest BCUT2D eigenvalue weighted by Gasteiger charge is 2.63. The Labute approximate surface area is 310 Å². The van der Waals surface area contributed by atoms with E-state index in [0.717, 1.165) is 36.7 Å². The Hall–Kier alpha value is -5.09. The topological polar surface area (TPSA) is 101 Å². The first-order valence-electron chi connectivity index (χ1n) is 16.1. The molecule has 3 aliphatic carbocycles. The van der Waals surface area contributed by atoms with Crippen molar-refractivity contribution in [3.63, 3.8) is 0 Å². The van der Waals surface area contributed by atoms with Crippen LogP contribution in [0.3, 0.4) is 0 Å². The first-order chi connectivity index (χ1) is 24.6. The fourth-order valence-corrected chi connectivity index (χ4v) is 8.16. The molecular weight excluding hydrogens is 755 g/mol. The lowest BCUT2D eigenvalue weighted by molar-refractivity contribution is -0.154. The van der Waals surface area contributed by atoms with Crippen molar-refractivity contribution in [1.82, 2.24) is 10.0 Å². The van der Waals surface area contributed by atoms with Crippen LogP contribution in [0.5, 0.6) is 5.75 Å². The Balaban J connectivity index is 1.12. The molecule has 0 spiro atoms. The third-order valence-corrected chi connectivity index (χ3v) is 11.1. The lowest BCUT2D eigenvalue weighted by atomic mass is 9.55. The van der Waals surface area contributed by atoms with Crippen molar-refractivity contribution in [2.75, 3.05) is 6.54 Å². The average Bonchev–Trinajstić information content (AvgIpc) is 3.41. The van der Waals surface area contributed by atoms with Gasteiger partial charge in [0.25, 0.3) is 17.7 Å². The quantitative estimate of drug-likeness (QED) is 0.0717. The number of ketones is 1. The van der Waals surface area contributed by atoms with Crippen LogP contribution in [0.4, 0.5) is 0 Å². The van der Waals surface area contributed by atoms with Gasteiger partial charge in [-0.25, -0.2) is 9.80 Å². The first-order valence-corrected chi connectivity index (χ1v) is 17.6. The Bertz CT molecular complexity index is 2180. The second-order valence-corrected chi connectivity index (χ2v) is 14.3. The van der Waals surface area contributed by atoms with Gasteiger partial charge in [0.1, 0.15) is 12.3 Å². The van der Waals surface area contributed by atoms with Crippen LogP contribution in [0.1, 0.15) is 65.2 Å². The van der Waals surface area contributed by atoms with E-state index in [1.165, 1.54) is 42.5 Å². The molecule has 0 radical (unpaired) electrons. The number of nitrogens with zero attached hydrogens (tertiary/aromatic N) is 2. The molecule has 1 fully saturated rings. The maximum atomic E-state index is 14.6. The van der Waals surface area contributed by atoms with Crippen molar-refractivity contribution in [2.24, 2.45) is 11.8 Å². The van der Waals surface area contributed by atoms with E-state index < -0.39 is 59.7 Å². The Kier molecular flexibility index (Phi) is 8.37. The van der Waals surface area contributed by atoms with Crippen LogP contribution in [0.2, 0.25) is 10.0 Å². The number of halogens is 3. The minimum Gasteiger partial charge on any atom is -0.423 e. The maximum Gasteiger partial charge on any atom is 0.343 e. The van der Waals surface area contributed by atoms with E-state index >= 15 is 0 Å². The van der Waals surface area contributed by atoms with Crippen molar-refractivity contribution in [3.05, 3.63) is 169 Å². The van der Waals surface area contributed by atoms with Gasteiger partial charge in [0.15, 0.2) is 5.78 Å². The number of hydrazine groups is 1. The summed E-state index contributed by atoms with van der Waals surface area (Å²) >= 11 is 15.7. The summed E-state index contributed by atoms with van der Waals surface area (Å²) < 4.78 is 6.28. The van der Waals surface area contributed by atoms with Crippen molar-refractivity contribution in [1.29, 1.82) is 0 Å². The molecule has 0 N–H and O–H groups in total. The van der Waals surface area contributed by atoms with E-state index in [-0.39, 0.29) is 26.9 Å². The molecule has 0 aromatic heterocycles. The van der Waals surface area contributed by atoms with Crippen LogP contribution in [-0.4, -0.2) is 46.0 Å². The van der Waals surface area contributed by atoms with Gasteiger partial charge in [-0.15, -0.1) is 0 Å². The number of ether oxygens (including phenoxy) is 1. The van der Waals surface area contributed by atoms with Crippen LogP contribution < -0.4 is 4.74 Å². The fourth-order valence-electron chi connectivity index (χ4n) is 7.60. The van der Waals surface area contributed by atoms with E-state index in [9.17, 15) is 24.0 Å². The highest BCUT2D eigenvalue weighted by molar-refractivity contribution is 9.10. The van der Waals surface area contributed by atoms with E-state index in [1.807, 2.05) is 48.5 Å². The molecule has 9 rings (SSSR count). The molecule has 5 aromatic carbocycles. The molecule has 2 bridgehead atoms. The summed E-state index contributed by atoms with van der Waals surface area (Å²) in [7, 11) is 0. The molecule has 11 heteroatoms. The summed E-state index contributed by atoms with van der Waals surface area (Å²) in [6.07, 6.45) is 0. The number of imide groups is 1. The van der Waals surface area contributed by atoms with E-state index in [1.54, 1.807) is 24.3 Å². The zero-order valence-corrected chi connectivity index (χ0v) is 29.6. The summed E-state index contributed by atoms with van der Waals surface area (Å²) in [5, 5.41) is 2.09. The minimum atomic E-state index is -0.773. The monoisotopic (exact) mass is 778 g/mol. The largest absolute Gasteiger partial charge is 0.423 e. The second kappa shape index (κ2) is 12.9. The van der Waals surface area contributed by atoms with Gasteiger partial charge in [-0.3, -0.25) is 19.2 Å². The highest BCUT2D eigenvalue weighted by Crippen LogP contribution is 2.61. The summed E-state index contributed by atoms with van der Waals surface area (Å²) in [4.78, 5) is 69.9. The number of benzene rings is 5. The van der Waals surface area contributed by atoms with Crippen LogP contribution in [0.15, 0.2) is 120 Å². The van der Waals surface area contributed by atoms with Gasteiger partial charge in [-0.05, 0) is 89.0 Å². The molecule has 1 aliphatic heterocycles. The van der Waals surface area contributed by atoms with Crippen LogP contribution in [0, 0.1) is 11.8 Å². The Morgan fingerprint density at radius 1 is 0.647 bits per heavy atom. The number of esters is 1. The first kappa shape index (κ1) is 33.1. The summed E-state index contributed by atoms with van der Waals surface area (Å²) in [5.74, 6) is -5.17. The molecule has 2 atom stereocenters. The lowest BCUT2D eigenvalue weighted by Crippen LogP contribution is -2.52. The van der Waals surface area contributed by atoms with Crippen molar-refractivity contribution in [2.45, 2.75) is 11.8 Å². The molecule has 252 valence electrons. The van der Waals surface area contributed by atoms with Crippen molar-refractivity contribution in [3.8, 4) is 5.75 Å². The normalized spacial score (nSPS) is 19.6. The van der Waals surface area contributed by atoms with Crippen molar-refractivity contribution < 1.29 is 28.7 Å². The van der Waals surface area contributed by atoms with Gasteiger partial charge in [-0.2, -0.15) is 5.01 Å². The number of carbonyl (C=O) groups excluding carboxylic acids is 5. The molecular formula is C40H25BrCl2N2O6. The fraction of sp³-hybridized carbons (Fsp3) is 0.125. The van der Waals surface area contributed by atoms with Crippen LogP contribution >= 0.6 is 39.1 Å². The number of hydrogen-bond acceptors (Lipinski definition) is 6. The number of carbonyl (C=O) groups is 5. The van der Waals surface area contributed by atoms with Gasteiger partial charge < -0.3 is 4.74 Å². The van der Waals surface area contributed by atoms with Gasteiger partial charge >= 0.3 is 5.97 Å². The smallest absolute Gasteiger partial charge is 0.343 e. The van der Waals surface area contributed by atoms with Gasteiger partial charge in [0, 0.05) is 27.4 Å². The molecule has 8 nitrogen and oxygen atoms in total. The number of rotatable bonds is 7. The van der Waals surface area contributed by atoms with Gasteiger partial charge in [0.2, 0.25) is 0 Å². The molecule has 51 heavy (non-hydrogen) atoms. The standard InChI is InChI=1S/C40H25BrCl2N2O6/c41-24-14-9-22(10-15-24)40(50)51-25-16-11-21(12-17-25)32(46)20-44(37(47)23-13-18-30(42)31(43)19-23)45-38(48)35-33-26-5-1-2-6-27(26)34(36(35)39(45)49)29-8-4-3-7-28(29)33/h1-19,33-36H,20H2/t33?,34?,35-,36+. The predicted molar refractivity (Wildman–Crippen MR) is 193 cm³/mol. The average molecular weight is 780 g/mol. The molecule has 0 unspecified atom stereocenters. The molecule has 1 heterocycles. The Morgan fingerprint density at radius 2 is 1.14 bits per heavy atom. The summed E-state index contributed by atoms with van der Waals surface area (Å²) in [6.45, 7) is -0.636. The molecule has 3 amide bonds. The van der Waals surface area contributed by atoms with Crippen LogP contribution in [-0.2, 0) is 9.59 Å². The Morgan fingerprint density at radius 3 is 1.65 bits per heavy atom. The number of amides is 3. The molecule has 1 saturated heterocycles. The maximum absolute atomic E-state index is 14.6. The van der Waals surface area contributed by atoms with E-state index in [4.69, 9.17) is 27.9 Å². The van der Waals surface area contributed by atoms with Crippen LogP contribution in [0.25, 0.3) is 0 Å². The van der Waals surface area contributed by atoms with E-state index in [0.29, 0.717) is 5.56 Å².